The molecule has 2 heterocycles. The van der Waals surface area contributed by atoms with Gasteiger partial charge in [-0.3, -0.25) is 4.79 Å². The zero-order valence-corrected chi connectivity index (χ0v) is 13.6. The van der Waals surface area contributed by atoms with Crippen LogP contribution in [0.3, 0.4) is 0 Å². The Hall–Kier alpha value is -0.990. The number of aromatic nitrogens is 1. The minimum atomic E-state index is -3.42. The highest BCUT2D eigenvalue weighted by molar-refractivity contribution is 7.89. The third-order valence-corrected chi connectivity index (χ3v) is 6.68. The third-order valence-electron chi connectivity index (χ3n) is 3.77. The summed E-state index contributed by atoms with van der Waals surface area (Å²) in [4.78, 5) is 16.0. The van der Waals surface area contributed by atoms with Crippen molar-refractivity contribution >= 4 is 27.3 Å². The Labute approximate surface area is 128 Å². The highest BCUT2D eigenvalue weighted by Gasteiger charge is 2.33. The van der Waals surface area contributed by atoms with Crippen molar-refractivity contribution < 1.29 is 18.3 Å². The molecule has 0 amide bonds. The summed E-state index contributed by atoms with van der Waals surface area (Å²) in [5.41, 5.74) is 2.58. The van der Waals surface area contributed by atoms with Crippen molar-refractivity contribution in [1.82, 2.24) is 9.29 Å². The van der Waals surface area contributed by atoms with E-state index in [0.29, 0.717) is 19.4 Å². The van der Waals surface area contributed by atoms with Gasteiger partial charge in [-0.25, -0.2) is 13.4 Å². The number of hydrogen-bond acceptors (Lipinski definition) is 5. The molecule has 0 aliphatic carbocycles. The maximum absolute atomic E-state index is 12.5. The fraction of sp³-hybridized carbons (Fsp3) is 0.692. The fourth-order valence-electron chi connectivity index (χ4n) is 2.65. The van der Waals surface area contributed by atoms with E-state index in [4.69, 9.17) is 5.11 Å². The number of carboxylic acid groups (broad SMARTS) is 1. The number of hydrogen-bond donors (Lipinski definition) is 1. The molecule has 1 unspecified atom stereocenters. The molecule has 1 aliphatic rings. The number of sulfonamides is 1. The molecule has 0 aromatic carbocycles. The molecule has 0 radical (unpaired) electrons. The number of carbonyl (C=O) groups is 1. The lowest BCUT2D eigenvalue weighted by Crippen LogP contribution is -2.45. The number of carboxylic acids is 1. The molecule has 0 saturated carbocycles. The normalized spacial score (nSPS) is 20.5. The summed E-state index contributed by atoms with van der Waals surface area (Å²) in [6, 6.07) is -0.399. The van der Waals surface area contributed by atoms with E-state index in [1.807, 2.05) is 6.92 Å². The predicted octanol–water partition coefficient (Wildman–Crippen LogP) is 1.65. The van der Waals surface area contributed by atoms with E-state index < -0.39 is 22.0 Å². The van der Waals surface area contributed by atoms with Gasteiger partial charge in [0.15, 0.2) is 0 Å². The van der Waals surface area contributed by atoms with E-state index in [-0.39, 0.29) is 12.2 Å². The van der Waals surface area contributed by atoms with Gasteiger partial charge >= 0.3 is 5.97 Å². The topological polar surface area (TPSA) is 87.6 Å². The Morgan fingerprint density at radius 3 is 2.90 bits per heavy atom. The van der Waals surface area contributed by atoms with E-state index in [0.717, 1.165) is 23.4 Å². The average molecular weight is 332 g/mol. The fourth-order valence-corrected chi connectivity index (χ4v) is 5.30. The van der Waals surface area contributed by atoms with E-state index in [2.05, 4.69) is 4.98 Å². The van der Waals surface area contributed by atoms with E-state index in [1.165, 1.54) is 15.6 Å². The van der Waals surface area contributed by atoms with Gasteiger partial charge in [-0.1, -0.05) is 6.42 Å². The maximum atomic E-state index is 12.5. The molecule has 1 aromatic heterocycles. The van der Waals surface area contributed by atoms with Crippen molar-refractivity contribution in [2.45, 2.75) is 45.1 Å². The molecular weight excluding hydrogens is 312 g/mol. The number of thiazole rings is 1. The Kier molecular flexibility index (Phi) is 5.34. The van der Waals surface area contributed by atoms with Gasteiger partial charge in [-0.2, -0.15) is 4.31 Å². The zero-order chi connectivity index (χ0) is 15.5. The van der Waals surface area contributed by atoms with Gasteiger partial charge in [0.1, 0.15) is 0 Å². The van der Waals surface area contributed by atoms with Crippen LogP contribution in [0.1, 0.15) is 36.3 Å². The first-order chi connectivity index (χ1) is 9.90. The largest absolute Gasteiger partial charge is 0.481 e. The van der Waals surface area contributed by atoms with E-state index in [9.17, 15) is 13.2 Å². The van der Waals surface area contributed by atoms with Gasteiger partial charge in [-0.15, -0.1) is 11.3 Å². The van der Waals surface area contributed by atoms with Crippen LogP contribution in [0.2, 0.25) is 0 Å². The van der Waals surface area contributed by atoms with Gasteiger partial charge in [0.05, 0.1) is 23.4 Å². The third kappa shape index (κ3) is 4.24. The van der Waals surface area contributed by atoms with Crippen LogP contribution in [0.5, 0.6) is 0 Å². The smallest absolute Gasteiger partial charge is 0.304 e. The van der Waals surface area contributed by atoms with Gasteiger partial charge in [0.25, 0.3) is 0 Å². The first-order valence-electron chi connectivity index (χ1n) is 7.00. The van der Waals surface area contributed by atoms with Crippen LogP contribution in [0.15, 0.2) is 5.51 Å². The molecule has 1 aliphatic heterocycles. The van der Waals surface area contributed by atoms with Crippen LogP contribution in [0.4, 0.5) is 0 Å². The zero-order valence-electron chi connectivity index (χ0n) is 12.0. The Balaban J connectivity index is 2.05. The monoisotopic (exact) mass is 332 g/mol. The second-order valence-electron chi connectivity index (χ2n) is 5.29. The Morgan fingerprint density at radius 2 is 2.29 bits per heavy atom. The summed E-state index contributed by atoms with van der Waals surface area (Å²) >= 11 is 1.46. The maximum Gasteiger partial charge on any atom is 0.304 e. The molecule has 0 bridgehead atoms. The standard InChI is InChI=1S/C13H20N2O4S2/c1-10-12(20-9-14-10)5-7-21(18,19)15-6-3-2-4-11(15)8-13(16)17/h9,11H,2-8H2,1H3,(H,16,17). The quantitative estimate of drug-likeness (QED) is 0.856. The van der Waals surface area contributed by atoms with Gasteiger partial charge in [0, 0.05) is 17.5 Å². The molecule has 1 saturated heterocycles. The average Bonchev–Trinajstić information content (AvgIpc) is 2.82. The Bertz CT molecular complexity index is 597. The summed E-state index contributed by atoms with van der Waals surface area (Å²) in [5, 5.41) is 8.94. The Morgan fingerprint density at radius 1 is 1.52 bits per heavy atom. The molecule has 8 heteroatoms. The summed E-state index contributed by atoms with van der Waals surface area (Å²) in [6.45, 7) is 2.30. The molecule has 1 aromatic rings. The SMILES string of the molecule is Cc1ncsc1CCS(=O)(=O)N1CCCCC1CC(=O)O. The minimum absolute atomic E-state index is 0.0200. The molecule has 0 spiro atoms. The lowest BCUT2D eigenvalue weighted by Gasteiger charge is -2.33. The lowest BCUT2D eigenvalue weighted by atomic mass is 10.0. The van der Waals surface area contributed by atoms with Crippen molar-refractivity contribution in [3.05, 3.63) is 16.1 Å². The molecule has 1 fully saturated rings. The molecule has 1 atom stereocenters. The van der Waals surface area contributed by atoms with Crippen LogP contribution in [0.25, 0.3) is 0 Å². The van der Waals surface area contributed by atoms with Crippen molar-refractivity contribution in [1.29, 1.82) is 0 Å². The molecule has 21 heavy (non-hydrogen) atoms. The summed E-state index contributed by atoms with van der Waals surface area (Å²) < 4.78 is 26.4. The van der Waals surface area contributed by atoms with Crippen molar-refractivity contribution in [2.75, 3.05) is 12.3 Å². The highest BCUT2D eigenvalue weighted by Crippen LogP contribution is 2.24. The number of rotatable bonds is 6. The predicted molar refractivity (Wildman–Crippen MR) is 80.9 cm³/mol. The van der Waals surface area contributed by atoms with Crippen LogP contribution < -0.4 is 0 Å². The second-order valence-corrected chi connectivity index (χ2v) is 8.27. The van der Waals surface area contributed by atoms with E-state index in [1.54, 1.807) is 5.51 Å². The van der Waals surface area contributed by atoms with Crippen molar-refractivity contribution in [2.24, 2.45) is 0 Å². The lowest BCUT2D eigenvalue weighted by molar-refractivity contribution is -0.138. The summed E-state index contributed by atoms with van der Waals surface area (Å²) in [7, 11) is -3.42. The molecule has 118 valence electrons. The second kappa shape index (κ2) is 6.85. The number of nitrogens with zero attached hydrogens (tertiary/aromatic N) is 2. The minimum Gasteiger partial charge on any atom is -0.481 e. The van der Waals surface area contributed by atoms with E-state index >= 15 is 0 Å². The number of aliphatic carboxylic acids is 1. The number of aryl methyl sites for hydroxylation is 2. The molecule has 1 N–H and O–H groups in total. The van der Waals surface area contributed by atoms with Crippen LogP contribution >= 0.6 is 11.3 Å². The van der Waals surface area contributed by atoms with Gasteiger partial charge in [0.2, 0.25) is 10.0 Å². The van der Waals surface area contributed by atoms with Gasteiger partial charge < -0.3 is 5.11 Å². The van der Waals surface area contributed by atoms with Crippen molar-refractivity contribution in [3.8, 4) is 0 Å². The van der Waals surface area contributed by atoms with Gasteiger partial charge in [-0.05, 0) is 26.2 Å². The highest BCUT2D eigenvalue weighted by atomic mass is 32.2. The van der Waals surface area contributed by atoms with Crippen LogP contribution in [0, 0.1) is 6.92 Å². The molecule has 6 nitrogen and oxygen atoms in total. The summed E-state index contributed by atoms with van der Waals surface area (Å²) in [5.74, 6) is -0.924. The first-order valence-corrected chi connectivity index (χ1v) is 9.49. The molecule has 2 rings (SSSR count). The van der Waals surface area contributed by atoms with Crippen LogP contribution in [-0.2, 0) is 21.2 Å². The first kappa shape index (κ1) is 16.4. The number of piperidine rings is 1. The van der Waals surface area contributed by atoms with Crippen LogP contribution in [-0.4, -0.2) is 47.1 Å². The van der Waals surface area contributed by atoms with Crippen molar-refractivity contribution in [3.63, 3.8) is 0 Å². The molecular formula is C13H20N2O4S2. The summed E-state index contributed by atoms with van der Waals surface area (Å²) in [6.07, 6.45) is 2.64.